The van der Waals surface area contributed by atoms with E-state index in [1.165, 1.54) is 17.2 Å². The molecule has 70 valence electrons. The molecule has 1 aromatic rings. The van der Waals surface area contributed by atoms with Crippen LogP contribution in [0.25, 0.3) is 0 Å². The van der Waals surface area contributed by atoms with Gasteiger partial charge in [-0.3, -0.25) is 9.59 Å². The third-order valence-corrected chi connectivity index (χ3v) is 2.13. The molecule has 0 aliphatic heterocycles. The first-order chi connectivity index (χ1) is 6.04. The van der Waals surface area contributed by atoms with Gasteiger partial charge in [0.05, 0.1) is 22.9 Å². The van der Waals surface area contributed by atoms with E-state index in [9.17, 15) is 9.59 Å². The van der Waals surface area contributed by atoms with Gasteiger partial charge in [0, 0.05) is 20.3 Å². The average molecular weight is 293 g/mol. The van der Waals surface area contributed by atoms with Gasteiger partial charge in [-0.25, -0.2) is 0 Å². The molecule has 0 unspecified atom stereocenters. The van der Waals surface area contributed by atoms with E-state index in [1.807, 2.05) is 0 Å². The van der Waals surface area contributed by atoms with Crippen molar-refractivity contribution in [1.82, 2.24) is 12.9 Å². The van der Waals surface area contributed by atoms with Crippen LogP contribution in [0.15, 0.2) is 17.1 Å². The summed E-state index contributed by atoms with van der Waals surface area (Å²) in [4.78, 5) is 24.1. The molecule has 0 aliphatic rings. The third kappa shape index (κ3) is 2.06. The Balaban J connectivity index is 3.24. The Kier molecular flexibility index (Phi) is 3.02. The number of carbonyl (C=O) groups is 1. The Morgan fingerprint density at radius 2 is 2.23 bits per heavy atom. The zero-order chi connectivity index (χ0) is 10.0. The molecule has 0 radical (unpaired) electrons. The molecule has 1 rings (SSSR count). The van der Waals surface area contributed by atoms with Crippen LogP contribution in [-0.4, -0.2) is 32.9 Å². The Morgan fingerprint density at radius 3 is 2.77 bits per heavy atom. The van der Waals surface area contributed by atoms with Gasteiger partial charge in [-0.15, -0.1) is 0 Å². The molecule has 1 aromatic heterocycles. The fraction of sp³-hybridized carbons (Fsp3) is 0.286. The van der Waals surface area contributed by atoms with Crippen molar-refractivity contribution in [3.8, 4) is 0 Å². The molecule has 0 saturated heterocycles. The summed E-state index contributed by atoms with van der Waals surface area (Å²) in [6, 6.07) is 1.42. The molecule has 0 spiro atoms. The summed E-state index contributed by atoms with van der Waals surface area (Å²) in [6.07, 6.45) is 1.42. The highest BCUT2D eigenvalue weighted by atomic mass is 127. The van der Waals surface area contributed by atoms with Crippen LogP contribution < -0.4 is 5.56 Å². The van der Waals surface area contributed by atoms with Crippen molar-refractivity contribution in [2.75, 3.05) is 14.1 Å². The predicted octanol–water partition coefficient (Wildman–Crippen LogP) is 0.143. The summed E-state index contributed by atoms with van der Waals surface area (Å²) in [7, 11) is 3.19. The number of hydrogen-bond acceptors (Lipinski definition) is 3. The van der Waals surface area contributed by atoms with Crippen LogP contribution in [0.1, 0.15) is 10.4 Å². The normalized spacial score (nSPS) is 9.77. The third-order valence-electron chi connectivity index (χ3n) is 1.44. The quantitative estimate of drug-likeness (QED) is 0.692. The second-order valence-corrected chi connectivity index (χ2v) is 3.52. The summed E-state index contributed by atoms with van der Waals surface area (Å²) >= 11 is 1.73. The molecule has 0 aliphatic carbocycles. The molecule has 5 nitrogen and oxygen atoms in total. The lowest BCUT2D eigenvalue weighted by Gasteiger charge is -2.08. The molecular weight excluding hydrogens is 285 g/mol. The molecule has 6 heteroatoms. The first-order valence-electron chi connectivity index (χ1n) is 3.50. The van der Waals surface area contributed by atoms with Crippen LogP contribution in [0.4, 0.5) is 0 Å². The zero-order valence-electron chi connectivity index (χ0n) is 7.19. The Labute approximate surface area is 88.8 Å². The lowest BCUT2D eigenvalue weighted by atomic mass is 10.3. The minimum Gasteiger partial charge on any atom is -0.345 e. The maximum atomic E-state index is 11.4. The Bertz CT molecular complexity index is 386. The van der Waals surface area contributed by atoms with E-state index < -0.39 is 0 Å². The van der Waals surface area contributed by atoms with E-state index in [1.54, 1.807) is 37.0 Å². The van der Waals surface area contributed by atoms with E-state index >= 15 is 0 Å². The Hall–Kier alpha value is -0.920. The molecular formula is C7H8IN3O2. The molecule has 0 atom stereocenters. The molecule has 0 saturated carbocycles. The molecule has 1 heterocycles. The second kappa shape index (κ2) is 3.86. The number of rotatable bonds is 1. The van der Waals surface area contributed by atoms with Crippen molar-refractivity contribution >= 4 is 28.8 Å². The average Bonchev–Trinajstić information content (AvgIpc) is 2.08. The maximum absolute atomic E-state index is 11.4. The fourth-order valence-electron chi connectivity index (χ4n) is 0.793. The van der Waals surface area contributed by atoms with Gasteiger partial charge in [0.2, 0.25) is 0 Å². The van der Waals surface area contributed by atoms with Gasteiger partial charge >= 0.3 is 0 Å². The van der Waals surface area contributed by atoms with Gasteiger partial charge in [0.1, 0.15) is 5.56 Å². The number of hydrogen-bond donors (Lipinski definition) is 0. The number of nitrogens with zero attached hydrogens (tertiary/aromatic N) is 3. The zero-order valence-corrected chi connectivity index (χ0v) is 9.35. The lowest BCUT2D eigenvalue weighted by molar-refractivity contribution is 0.0825. The molecule has 13 heavy (non-hydrogen) atoms. The highest BCUT2D eigenvalue weighted by Gasteiger charge is 2.13. The van der Waals surface area contributed by atoms with Crippen molar-refractivity contribution in [1.29, 1.82) is 0 Å². The van der Waals surface area contributed by atoms with Crippen molar-refractivity contribution in [3.05, 3.63) is 28.2 Å². The first-order valence-corrected chi connectivity index (χ1v) is 4.46. The van der Waals surface area contributed by atoms with E-state index in [0.717, 1.165) is 2.90 Å². The highest BCUT2D eigenvalue weighted by Crippen LogP contribution is 1.95. The van der Waals surface area contributed by atoms with E-state index in [4.69, 9.17) is 0 Å². The SMILES string of the molecule is CN(C)C(=O)c1ccnn(I)c1=O. The van der Waals surface area contributed by atoms with Gasteiger partial charge in [0.25, 0.3) is 11.5 Å². The molecule has 1 amide bonds. The van der Waals surface area contributed by atoms with Crippen LogP contribution in [0, 0.1) is 0 Å². The van der Waals surface area contributed by atoms with E-state index in [-0.39, 0.29) is 17.0 Å². The van der Waals surface area contributed by atoms with Crippen molar-refractivity contribution in [3.63, 3.8) is 0 Å². The summed E-state index contributed by atoms with van der Waals surface area (Å²) < 4.78 is 1.11. The van der Waals surface area contributed by atoms with Gasteiger partial charge in [-0.2, -0.15) is 7.99 Å². The molecule has 0 bridgehead atoms. The standard InChI is InChI=1S/C7H8IN3O2/c1-10(2)6(12)5-3-4-9-11(8)7(5)13/h3-4H,1-2H3. The Morgan fingerprint density at radius 1 is 1.62 bits per heavy atom. The minimum absolute atomic E-state index is 0.134. The minimum atomic E-state index is -0.387. The van der Waals surface area contributed by atoms with Crippen LogP contribution in [-0.2, 0) is 0 Å². The highest BCUT2D eigenvalue weighted by molar-refractivity contribution is 14.1. The van der Waals surface area contributed by atoms with Crippen LogP contribution in [0.2, 0.25) is 0 Å². The van der Waals surface area contributed by atoms with Crippen LogP contribution >= 0.6 is 22.9 Å². The number of amides is 1. The smallest absolute Gasteiger partial charge is 0.288 e. The summed E-state index contributed by atoms with van der Waals surface area (Å²) in [6.45, 7) is 0. The van der Waals surface area contributed by atoms with Crippen molar-refractivity contribution in [2.45, 2.75) is 0 Å². The number of carbonyl (C=O) groups excluding carboxylic acids is 1. The first kappa shape index (κ1) is 10.2. The lowest BCUT2D eigenvalue weighted by Crippen LogP contribution is -2.30. The number of aromatic nitrogens is 2. The van der Waals surface area contributed by atoms with Crippen molar-refractivity contribution < 1.29 is 4.79 Å². The van der Waals surface area contributed by atoms with Gasteiger partial charge in [-0.05, 0) is 6.07 Å². The monoisotopic (exact) mass is 293 g/mol. The largest absolute Gasteiger partial charge is 0.345 e. The van der Waals surface area contributed by atoms with Crippen LogP contribution in [0.3, 0.4) is 0 Å². The molecule has 0 aromatic carbocycles. The summed E-state index contributed by atoms with van der Waals surface area (Å²) in [5, 5.41) is 3.70. The van der Waals surface area contributed by atoms with Crippen molar-refractivity contribution in [2.24, 2.45) is 0 Å². The van der Waals surface area contributed by atoms with Gasteiger partial charge in [0.15, 0.2) is 0 Å². The fourth-order valence-corrected chi connectivity index (χ4v) is 1.20. The number of halogens is 1. The predicted molar refractivity (Wildman–Crippen MR) is 55.9 cm³/mol. The molecule has 0 N–H and O–H groups in total. The summed E-state index contributed by atoms with van der Waals surface area (Å²) in [5.74, 6) is -0.308. The van der Waals surface area contributed by atoms with Crippen LogP contribution in [0.5, 0.6) is 0 Å². The van der Waals surface area contributed by atoms with Gasteiger partial charge in [-0.1, -0.05) is 0 Å². The van der Waals surface area contributed by atoms with E-state index in [0.29, 0.717) is 0 Å². The molecule has 0 fully saturated rings. The summed E-state index contributed by atoms with van der Waals surface area (Å²) in [5.41, 5.74) is -0.254. The second-order valence-electron chi connectivity index (χ2n) is 2.61. The topological polar surface area (TPSA) is 55.2 Å². The van der Waals surface area contributed by atoms with Gasteiger partial charge < -0.3 is 4.90 Å². The van der Waals surface area contributed by atoms with E-state index in [2.05, 4.69) is 5.10 Å². The maximum Gasteiger partial charge on any atom is 0.288 e.